The maximum atomic E-state index is 9.34. The molecule has 0 heterocycles. The Morgan fingerprint density at radius 3 is 2.52 bits per heavy atom. The van der Waals surface area contributed by atoms with Gasteiger partial charge in [0.15, 0.2) is 5.96 Å². The number of guanidine groups is 1. The minimum Gasteiger partial charge on any atom is -0.396 e. The zero-order chi connectivity index (χ0) is 14.7. The minimum absolute atomic E-state index is 0. The Morgan fingerprint density at radius 1 is 1.24 bits per heavy atom. The first-order chi connectivity index (χ1) is 9.76. The van der Waals surface area contributed by atoms with Gasteiger partial charge in [0.2, 0.25) is 0 Å². The first-order valence-corrected chi connectivity index (χ1v) is 9.28. The molecule has 1 aliphatic carbocycles. The van der Waals surface area contributed by atoms with Crippen molar-refractivity contribution >= 4 is 41.7 Å². The van der Waals surface area contributed by atoms with Crippen molar-refractivity contribution in [2.24, 2.45) is 10.4 Å². The van der Waals surface area contributed by atoms with Gasteiger partial charge in [0.05, 0.1) is 0 Å². The van der Waals surface area contributed by atoms with Gasteiger partial charge in [-0.1, -0.05) is 19.3 Å². The number of hydrogen-bond acceptors (Lipinski definition) is 3. The summed E-state index contributed by atoms with van der Waals surface area (Å²) in [5.74, 6) is 2.01. The van der Waals surface area contributed by atoms with E-state index < -0.39 is 0 Å². The number of thioether (sulfide) groups is 1. The van der Waals surface area contributed by atoms with Gasteiger partial charge in [-0.3, -0.25) is 4.99 Å². The van der Waals surface area contributed by atoms with Crippen LogP contribution in [0.2, 0.25) is 0 Å². The van der Waals surface area contributed by atoms with Crippen LogP contribution in [-0.2, 0) is 0 Å². The number of aliphatic hydroxyl groups is 1. The van der Waals surface area contributed by atoms with Crippen molar-refractivity contribution in [1.29, 1.82) is 0 Å². The van der Waals surface area contributed by atoms with E-state index in [4.69, 9.17) is 4.99 Å². The highest BCUT2D eigenvalue weighted by atomic mass is 127. The van der Waals surface area contributed by atoms with E-state index in [1.807, 2.05) is 11.8 Å². The lowest BCUT2D eigenvalue weighted by Gasteiger charge is -2.35. The fourth-order valence-corrected chi connectivity index (χ4v) is 3.19. The van der Waals surface area contributed by atoms with E-state index in [0.717, 1.165) is 37.8 Å². The third kappa shape index (κ3) is 8.50. The predicted molar refractivity (Wildman–Crippen MR) is 105 cm³/mol. The van der Waals surface area contributed by atoms with E-state index >= 15 is 0 Å². The standard InChI is InChI=1S/C15H31N3OS.HI/c1-3-16-14(17-10-12-20-2)18-13-15(9-11-19)7-5-4-6-8-15;/h19H,3-13H2,1-2H3,(H2,16,17,18);1H. The van der Waals surface area contributed by atoms with Gasteiger partial charge >= 0.3 is 0 Å². The second-order valence-corrected chi connectivity index (χ2v) is 6.63. The fourth-order valence-electron chi connectivity index (χ4n) is 2.89. The number of nitrogens with zero attached hydrogens (tertiary/aromatic N) is 1. The summed E-state index contributed by atoms with van der Waals surface area (Å²) in [4.78, 5) is 4.77. The zero-order valence-electron chi connectivity index (χ0n) is 13.5. The molecule has 4 nitrogen and oxygen atoms in total. The van der Waals surface area contributed by atoms with E-state index in [1.54, 1.807) is 0 Å². The van der Waals surface area contributed by atoms with Crippen LogP contribution in [0.25, 0.3) is 0 Å². The largest absolute Gasteiger partial charge is 0.396 e. The number of hydrogen-bond donors (Lipinski definition) is 3. The third-order valence-corrected chi connectivity index (χ3v) is 4.68. The SMILES string of the molecule is CCNC(=NCC1(CCO)CCCCC1)NCCSC.I. The summed E-state index contributed by atoms with van der Waals surface area (Å²) in [6, 6.07) is 0. The normalized spacial score (nSPS) is 18.0. The first-order valence-electron chi connectivity index (χ1n) is 7.88. The second-order valence-electron chi connectivity index (χ2n) is 5.65. The lowest BCUT2D eigenvalue weighted by atomic mass is 9.72. The second kappa shape index (κ2) is 12.8. The molecule has 1 fully saturated rings. The number of aliphatic imine (C=N–C) groups is 1. The van der Waals surface area contributed by atoms with Crippen LogP contribution in [0.1, 0.15) is 45.4 Å². The van der Waals surface area contributed by atoms with Crippen LogP contribution in [0, 0.1) is 5.41 Å². The summed E-state index contributed by atoms with van der Waals surface area (Å²) in [6.07, 6.45) is 9.33. The summed E-state index contributed by atoms with van der Waals surface area (Å²) in [6.45, 7) is 5.04. The van der Waals surface area contributed by atoms with E-state index in [-0.39, 0.29) is 36.0 Å². The molecule has 1 aliphatic rings. The molecule has 1 saturated carbocycles. The molecule has 0 atom stereocenters. The summed E-state index contributed by atoms with van der Waals surface area (Å²) >= 11 is 1.84. The molecular formula is C15H32IN3OS. The molecule has 0 spiro atoms. The molecule has 21 heavy (non-hydrogen) atoms. The van der Waals surface area contributed by atoms with Gasteiger partial charge in [-0.05, 0) is 37.9 Å². The van der Waals surface area contributed by atoms with Crippen LogP contribution in [0.5, 0.6) is 0 Å². The highest BCUT2D eigenvalue weighted by Crippen LogP contribution is 2.39. The Bertz CT molecular complexity index is 279. The van der Waals surface area contributed by atoms with Crippen LogP contribution in [-0.4, -0.2) is 49.3 Å². The smallest absolute Gasteiger partial charge is 0.191 e. The molecule has 0 radical (unpaired) electrons. The molecule has 3 N–H and O–H groups in total. The van der Waals surface area contributed by atoms with Crippen LogP contribution < -0.4 is 10.6 Å². The van der Waals surface area contributed by atoms with Gasteiger partial charge < -0.3 is 15.7 Å². The quantitative estimate of drug-likeness (QED) is 0.240. The molecule has 0 aromatic heterocycles. The molecule has 6 heteroatoms. The van der Waals surface area contributed by atoms with Crippen molar-refractivity contribution in [3.8, 4) is 0 Å². The summed E-state index contributed by atoms with van der Waals surface area (Å²) < 4.78 is 0. The lowest BCUT2D eigenvalue weighted by Crippen LogP contribution is -2.40. The predicted octanol–water partition coefficient (Wildman–Crippen LogP) is 2.86. The molecule has 0 saturated heterocycles. The van der Waals surface area contributed by atoms with Gasteiger partial charge in [0.1, 0.15) is 0 Å². The molecule has 0 aliphatic heterocycles. The molecule has 1 rings (SSSR count). The Hall–Kier alpha value is 0.310. The zero-order valence-corrected chi connectivity index (χ0v) is 16.6. The number of halogens is 1. The average molecular weight is 429 g/mol. The first kappa shape index (κ1) is 21.3. The van der Waals surface area contributed by atoms with Crippen LogP contribution in [0.4, 0.5) is 0 Å². The Labute approximate surface area is 151 Å². The summed E-state index contributed by atoms with van der Waals surface area (Å²) in [7, 11) is 0. The van der Waals surface area contributed by atoms with Crippen molar-refractivity contribution in [3.05, 3.63) is 0 Å². The van der Waals surface area contributed by atoms with E-state index in [9.17, 15) is 5.11 Å². The molecule has 0 amide bonds. The van der Waals surface area contributed by atoms with Gasteiger partial charge in [0.25, 0.3) is 0 Å². The Kier molecular flexibility index (Phi) is 13.0. The number of aliphatic hydroxyl groups excluding tert-OH is 1. The average Bonchev–Trinajstić information content (AvgIpc) is 2.46. The van der Waals surface area contributed by atoms with Gasteiger partial charge in [-0.2, -0.15) is 11.8 Å². The number of rotatable bonds is 8. The van der Waals surface area contributed by atoms with Gasteiger partial charge in [0, 0.05) is 32.0 Å². The highest BCUT2D eigenvalue weighted by Gasteiger charge is 2.31. The van der Waals surface area contributed by atoms with Crippen molar-refractivity contribution in [2.75, 3.05) is 38.2 Å². The summed E-state index contributed by atoms with van der Waals surface area (Å²) in [5, 5.41) is 16.0. The van der Waals surface area contributed by atoms with E-state index in [0.29, 0.717) is 0 Å². The Balaban J connectivity index is 0.00000400. The highest BCUT2D eigenvalue weighted by molar-refractivity contribution is 14.0. The molecule has 0 aromatic rings. The van der Waals surface area contributed by atoms with Crippen molar-refractivity contribution in [3.63, 3.8) is 0 Å². The van der Waals surface area contributed by atoms with E-state index in [2.05, 4.69) is 23.8 Å². The molecular weight excluding hydrogens is 397 g/mol. The van der Waals surface area contributed by atoms with Crippen LogP contribution in [0.15, 0.2) is 4.99 Å². The van der Waals surface area contributed by atoms with Crippen LogP contribution in [0.3, 0.4) is 0 Å². The number of nitrogens with one attached hydrogen (secondary N) is 2. The minimum atomic E-state index is 0. The van der Waals surface area contributed by atoms with Crippen molar-refractivity contribution in [2.45, 2.75) is 45.4 Å². The van der Waals surface area contributed by atoms with Crippen molar-refractivity contribution < 1.29 is 5.11 Å². The molecule has 0 aromatic carbocycles. The molecule has 0 unspecified atom stereocenters. The monoisotopic (exact) mass is 429 g/mol. The summed E-state index contributed by atoms with van der Waals surface area (Å²) in [5.41, 5.74) is 0.231. The molecule has 0 bridgehead atoms. The van der Waals surface area contributed by atoms with Crippen molar-refractivity contribution in [1.82, 2.24) is 10.6 Å². The maximum absolute atomic E-state index is 9.34. The fraction of sp³-hybridized carbons (Fsp3) is 0.933. The molecule has 126 valence electrons. The lowest BCUT2D eigenvalue weighted by molar-refractivity contribution is 0.137. The topological polar surface area (TPSA) is 56.7 Å². The third-order valence-electron chi connectivity index (χ3n) is 4.07. The van der Waals surface area contributed by atoms with E-state index in [1.165, 1.54) is 32.1 Å². The van der Waals surface area contributed by atoms with Gasteiger partial charge in [-0.15, -0.1) is 24.0 Å². The van der Waals surface area contributed by atoms with Gasteiger partial charge in [-0.25, -0.2) is 0 Å². The maximum Gasteiger partial charge on any atom is 0.191 e. The Morgan fingerprint density at radius 2 is 1.95 bits per heavy atom. The van der Waals surface area contributed by atoms with Crippen LogP contribution >= 0.6 is 35.7 Å².